The minimum Gasteiger partial charge on any atom is -0.489 e. The van der Waals surface area contributed by atoms with Crippen molar-refractivity contribution in [1.82, 2.24) is 0 Å². The van der Waals surface area contributed by atoms with E-state index in [1.807, 2.05) is 0 Å². The molecular weight excluding hydrogens is 336 g/mol. The number of hydrogen-bond donors (Lipinski definition) is 0. The second-order valence-corrected chi connectivity index (χ2v) is 4.76. The fourth-order valence-electron chi connectivity index (χ4n) is 1.52. The maximum absolute atomic E-state index is 13.4. The van der Waals surface area contributed by atoms with E-state index in [0.717, 1.165) is 12.1 Å². The Morgan fingerprint density at radius 3 is 2.50 bits per heavy atom. The molecule has 0 aliphatic carbocycles. The number of nitro benzene ring substituents is 1. The minimum absolute atomic E-state index is 0.0934. The summed E-state index contributed by atoms with van der Waals surface area (Å²) in [6.07, 6.45) is 0. The van der Waals surface area contributed by atoms with Crippen LogP contribution >= 0.6 is 15.9 Å². The number of hydrogen-bond acceptors (Lipinski definition) is 3. The third-order valence-corrected chi connectivity index (χ3v) is 3.11. The van der Waals surface area contributed by atoms with E-state index < -0.39 is 22.2 Å². The van der Waals surface area contributed by atoms with Crippen molar-refractivity contribution in [1.29, 1.82) is 0 Å². The fraction of sp³-hybridized carbons (Fsp3) is 0.0769. The first kappa shape index (κ1) is 14.4. The highest BCUT2D eigenvalue weighted by atomic mass is 79.9. The van der Waals surface area contributed by atoms with Crippen molar-refractivity contribution >= 4 is 21.6 Å². The van der Waals surface area contributed by atoms with Gasteiger partial charge in [0.2, 0.25) is 5.82 Å². The standard InChI is InChI=1S/C13H8BrF2NO3/c14-10-5-8(1-3-11(10)15)7-20-9-2-4-13(17(18)19)12(16)6-9/h1-6H,7H2. The van der Waals surface area contributed by atoms with E-state index >= 15 is 0 Å². The summed E-state index contributed by atoms with van der Waals surface area (Å²) in [6, 6.07) is 7.62. The fourth-order valence-corrected chi connectivity index (χ4v) is 1.95. The van der Waals surface area contributed by atoms with Gasteiger partial charge in [-0.2, -0.15) is 4.39 Å². The molecule has 0 heterocycles. The van der Waals surface area contributed by atoms with Crippen LogP contribution in [0.2, 0.25) is 0 Å². The van der Waals surface area contributed by atoms with Gasteiger partial charge in [0.1, 0.15) is 18.2 Å². The lowest BCUT2D eigenvalue weighted by molar-refractivity contribution is -0.387. The summed E-state index contributed by atoms with van der Waals surface area (Å²) in [7, 11) is 0. The van der Waals surface area contributed by atoms with Gasteiger partial charge in [-0.1, -0.05) is 6.07 Å². The van der Waals surface area contributed by atoms with E-state index in [0.29, 0.717) is 10.0 Å². The molecule has 0 atom stereocenters. The monoisotopic (exact) mass is 343 g/mol. The Morgan fingerprint density at radius 1 is 1.15 bits per heavy atom. The van der Waals surface area contributed by atoms with Crippen molar-refractivity contribution in [2.24, 2.45) is 0 Å². The zero-order valence-electron chi connectivity index (χ0n) is 9.98. The van der Waals surface area contributed by atoms with Crippen LogP contribution in [0.15, 0.2) is 40.9 Å². The summed E-state index contributed by atoms with van der Waals surface area (Å²) >= 11 is 3.04. The molecule has 0 fully saturated rings. The molecule has 0 spiro atoms. The third-order valence-electron chi connectivity index (χ3n) is 2.51. The minimum atomic E-state index is -0.965. The van der Waals surface area contributed by atoms with Gasteiger partial charge in [-0.15, -0.1) is 0 Å². The first-order valence-electron chi connectivity index (χ1n) is 5.48. The van der Waals surface area contributed by atoms with Gasteiger partial charge in [0.05, 0.1) is 9.40 Å². The number of nitrogens with zero attached hydrogens (tertiary/aromatic N) is 1. The SMILES string of the molecule is O=[N+]([O-])c1ccc(OCc2ccc(F)c(Br)c2)cc1F. The van der Waals surface area contributed by atoms with E-state index in [1.54, 1.807) is 0 Å². The van der Waals surface area contributed by atoms with Gasteiger partial charge in [0.15, 0.2) is 0 Å². The molecule has 0 N–H and O–H groups in total. The first-order chi connectivity index (χ1) is 9.47. The van der Waals surface area contributed by atoms with Crippen LogP contribution in [0.1, 0.15) is 5.56 Å². The summed E-state index contributed by atoms with van der Waals surface area (Å²) < 4.78 is 32.0. The van der Waals surface area contributed by atoms with E-state index in [4.69, 9.17) is 4.74 Å². The summed E-state index contributed by atoms with van der Waals surface area (Å²) in [5.41, 5.74) is 0.0684. The summed E-state index contributed by atoms with van der Waals surface area (Å²) in [5.74, 6) is -1.20. The van der Waals surface area contributed by atoms with Gasteiger partial charge < -0.3 is 4.74 Å². The zero-order chi connectivity index (χ0) is 14.7. The summed E-state index contributed by atoms with van der Waals surface area (Å²) in [5, 5.41) is 10.5. The predicted molar refractivity (Wildman–Crippen MR) is 71.5 cm³/mol. The molecule has 0 radical (unpaired) electrons. The van der Waals surface area contributed by atoms with Crippen molar-refractivity contribution in [3.63, 3.8) is 0 Å². The van der Waals surface area contributed by atoms with E-state index in [1.165, 1.54) is 24.3 Å². The second-order valence-electron chi connectivity index (χ2n) is 3.91. The average Bonchev–Trinajstić information content (AvgIpc) is 2.40. The lowest BCUT2D eigenvalue weighted by Crippen LogP contribution is -1.98. The zero-order valence-corrected chi connectivity index (χ0v) is 11.6. The molecule has 0 aromatic heterocycles. The van der Waals surface area contributed by atoms with Gasteiger partial charge in [-0.05, 0) is 39.7 Å². The molecule has 2 rings (SSSR count). The van der Waals surface area contributed by atoms with Crippen molar-refractivity contribution in [2.75, 3.05) is 0 Å². The maximum atomic E-state index is 13.4. The van der Waals surface area contributed by atoms with Crippen LogP contribution < -0.4 is 4.74 Å². The number of benzene rings is 2. The molecule has 104 valence electrons. The van der Waals surface area contributed by atoms with Crippen molar-refractivity contribution in [3.05, 3.63) is 68.2 Å². The maximum Gasteiger partial charge on any atom is 0.305 e. The van der Waals surface area contributed by atoms with Gasteiger partial charge in [-0.3, -0.25) is 10.1 Å². The van der Waals surface area contributed by atoms with Crippen LogP contribution in [-0.2, 0) is 6.61 Å². The lowest BCUT2D eigenvalue weighted by atomic mass is 10.2. The van der Waals surface area contributed by atoms with Crippen molar-refractivity contribution < 1.29 is 18.4 Å². The molecular formula is C13H8BrF2NO3. The summed E-state index contributed by atoms with van der Waals surface area (Å²) in [6.45, 7) is 0.0934. The van der Waals surface area contributed by atoms with Crippen molar-refractivity contribution in [2.45, 2.75) is 6.61 Å². The molecule has 0 bridgehead atoms. The molecule has 0 unspecified atom stereocenters. The van der Waals surface area contributed by atoms with Crippen LogP contribution in [0.4, 0.5) is 14.5 Å². The number of halogens is 3. The predicted octanol–water partition coefficient (Wildman–Crippen LogP) is 4.21. The molecule has 7 heteroatoms. The highest BCUT2D eigenvalue weighted by molar-refractivity contribution is 9.10. The Balaban J connectivity index is 2.09. The topological polar surface area (TPSA) is 52.4 Å². The number of rotatable bonds is 4. The van der Waals surface area contributed by atoms with Gasteiger partial charge in [0.25, 0.3) is 0 Å². The van der Waals surface area contributed by atoms with Crippen LogP contribution in [-0.4, -0.2) is 4.92 Å². The highest BCUT2D eigenvalue weighted by Gasteiger charge is 2.14. The van der Waals surface area contributed by atoms with E-state index in [2.05, 4.69) is 15.9 Å². The molecule has 2 aromatic carbocycles. The molecule has 4 nitrogen and oxygen atoms in total. The number of ether oxygens (including phenoxy) is 1. The van der Waals surface area contributed by atoms with Crippen molar-refractivity contribution in [3.8, 4) is 5.75 Å². The largest absolute Gasteiger partial charge is 0.489 e. The van der Waals surface area contributed by atoms with Crippen LogP contribution in [0.25, 0.3) is 0 Å². The van der Waals surface area contributed by atoms with Gasteiger partial charge >= 0.3 is 5.69 Å². The molecule has 0 aliphatic rings. The van der Waals surface area contributed by atoms with Crippen LogP contribution in [0.5, 0.6) is 5.75 Å². The van der Waals surface area contributed by atoms with E-state index in [9.17, 15) is 18.9 Å². The normalized spacial score (nSPS) is 10.3. The molecule has 0 saturated carbocycles. The Hall–Kier alpha value is -2.02. The molecule has 0 aliphatic heterocycles. The van der Waals surface area contributed by atoms with E-state index in [-0.39, 0.29) is 12.4 Å². The van der Waals surface area contributed by atoms with Gasteiger partial charge in [0, 0.05) is 12.1 Å². The molecule has 20 heavy (non-hydrogen) atoms. The summed E-state index contributed by atoms with van der Waals surface area (Å²) in [4.78, 5) is 9.66. The molecule has 0 amide bonds. The molecule has 2 aromatic rings. The lowest BCUT2D eigenvalue weighted by Gasteiger charge is -2.07. The second kappa shape index (κ2) is 5.96. The Morgan fingerprint density at radius 2 is 1.90 bits per heavy atom. The van der Waals surface area contributed by atoms with Crippen LogP contribution in [0.3, 0.4) is 0 Å². The smallest absolute Gasteiger partial charge is 0.305 e. The average molecular weight is 344 g/mol. The quantitative estimate of drug-likeness (QED) is 0.617. The van der Waals surface area contributed by atoms with Crippen LogP contribution in [0, 0.1) is 21.7 Å². The first-order valence-corrected chi connectivity index (χ1v) is 6.27. The Labute approximate surface area is 121 Å². The highest BCUT2D eigenvalue weighted by Crippen LogP contribution is 2.23. The number of nitro groups is 1. The Kier molecular flexibility index (Phi) is 4.29. The Bertz CT molecular complexity index is 664. The molecule has 0 saturated heterocycles. The van der Waals surface area contributed by atoms with Gasteiger partial charge in [-0.25, -0.2) is 4.39 Å². The third kappa shape index (κ3) is 3.30.